The standard InChI is InChI=1S/C20H15ClFNOS/c21-17-13-15(11-12-18(17)22)23-20(24)19(14-7-3-1-4-8-14)25-16-9-5-2-6-10-16/h1-13,19H,(H,23,24)/t19-/m1/s1. The van der Waals surface area contributed by atoms with Crippen LogP contribution in [0.1, 0.15) is 10.8 Å². The zero-order chi connectivity index (χ0) is 17.6. The third kappa shape index (κ3) is 4.62. The molecule has 0 spiro atoms. The Hall–Kier alpha value is -2.30. The number of amides is 1. The van der Waals surface area contributed by atoms with Crippen molar-refractivity contribution in [3.05, 3.63) is 95.3 Å². The van der Waals surface area contributed by atoms with E-state index >= 15 is 0 Å². The summed E-state index contributed by atoms with van der Waals surface area (Å²) >= 11 is 7.25. The Kier molecular flexibility index (Phi) is 5.74. The van der Waals surface area contributed by atoms with Crippen LogP contribution in [0.4, 0.5) is 10.1 Å². The Morgan fingerprint density at radius 3 is 2.24 bits per heavy atom. The van der Waals surface area contributed by atoms with Crippen molar-refractivity contribution in [2.24, 2.45) is 0 Å². The molecule has 0 aliphatic heterocycles. The van der Waals surface area contributed by atoms with Gasteiger partial charge in [0.15, 0.2) is 0 Å². The number of hydrogen-bond acceptors (Lipinski definition) is 2. The van der Waals surface area contributed by atoms with Gasteiger partial charge in [0.05, 0.1) is 5.02 Å². The largest absolute Gasteiger partial charge is 0.325 e. The molecule has 0 aliphatic rings. The molecule has 0 fully saturated rings. The zero-order valence-electron chi connectivity index (χ0n) is 13.2. The average molecular weight is 372 g/mol. The van der Waals surface area contributed by atoms with E-state index < -0.39 is 11.1 Å². The van der Waals surface area contributed by atoms with E-state index in [9.17, 15) is 9.18 Å². The number of anilines is 1. The molecule has 0 aromatic heterocycles. The number of rotatable bonds is 5. The first-order valence-corrected chi connectivity index (χ1v) is 8.92. The van der Waals surface area contributed by atoms with E-state index in [1.165, 1.54) is 30.0 Å². The van der Waals surface area contributed by atoms with Crippen molar-refractivity contribution in [1.29, 1.82) is 0 Å². The monoisotopic (exact) mass is 371 g/mol. The lowest BCUT2D eigenvalue weighted by Crippen LogP contribution is -2.19. The minimum atomic E-state index is -0.516. The zero-order valence-corrected chi connectivity index (χ0v) is 14.7. The quantitative estimate of drug-likeness (QED) is 0.561. The van der Waals surface area contributed by atoms with Gasteiger partial charge in [-0.2, -0.15) is 0 Å². The second kappa shape index (κ2) is 8.19. The highest BCUT2D eigenvalue weighted by atomic mass is 35.5. The number of thioether (sulfide) groups is 1. The molecule has 5 heteroatoms. The van der Waals surface area contributed by atoms with Gasteiger partial charge in [0.2, 0.25) is 5.91 Å². The summed E-state index contributed by atoms with van der Waals surface area (Å²) in [4.78, 5) is 13.8. The fourth-order valence-electron chi connectivity index (χ4n) is 2.32. The molecule has 0 saturated heterocycles. The van der Waals surface area contributed by atoms with Gasteiger partial charge in [-0.3, -0.25) is 4.79 Å². The molecule has 2 nitrogen and oxygen atoms in total. The molecule has 0 heterocycles. The highest BCUT2D eigenvalue weighted by Crippen LogP contribution is 2.36. The van der Waals surface area contributed by atoms with E-state index in [1.807, 2.05) is 60.7 Å². The Bertz CT molecular complexity index is 858. The number of halogens is 2. The lowest BCUT2D eigenvalue weighted by molar-refractivity contribution is -0.115. The summed E-state index contributed by atoms with van der Waals surface area (Å²) in [5.41, 5.74) is 1.35. The molecule has 0 bridgehead atoms. The van der Waals surface area contributed by atoms with Gasteiger partial charge in [-0.05, 0) is 35.9 Å². The molecule has 0 unspecified atom stereocenters. The van der Waals surface area contributed by atoms with Crippen molar-refractivity contribution in [1.82, 2.24) is 0 Å². The fraction of sp³-hybridized carbons (Fsp3) is 0.0500. The van der Waals surface area contributed by atoms with Crippen LogP contribution in [0.25, 0.3) is 0 Å². The molecule has 0 saturated carbocycles. The van der Waals surface area contributed by atoms with Crippen LogP contribution in [0.15, 0.2) is 83.8 Å². The molecule has 1 amide bonds. The number of carbonyl (C=O) groups is 1. The highest BCUT2D eigenvalue weighted by molar-refractivity contribution is 8.00. The number of benzene rings is 3. The summed E-state index contributed by atoms with van der Waals surface area (Å²) < 4.78 is 13.3. The summed E-state index contributed by atoms with van der Waals surface area (Å²) in [7, 11) is 0. The Morgan fingerprint density at radius 2 is 1.60 bits per heavy atom. The van der Waals surface area contributed by atoms with Crippen molar-refractivity contribution < 1.29 is 9.18 Å². The van der Waals surface area contributed by atoms with Crippen LogP contribution in [-0.4, -0.2) is 5.91 Å². The molecular formula is C20H15ClFNOS. The molecule has 3 aromatic carbocycles. The molecule has 1 atom stereocenters. The second-order valence-corrected chi connectivity index (χ2v) is 6.93. The van der Waals surface area contributed by atoms with Crippen molar-refractivity contribution in [3.63, 3.8) is 0 Å². The van der Waals surface area contributed by atoms with E-state index in [1.54, 1.807) is 0 Å². The number of nitrogens with one attached hydrogen (secondary N) is 1. The number of carbonyl (C=O) groups excluding carboxylic acids is 1. The van der Waals surface area contributed by atoms with Gasteiger partial charge < -0.3 is 5.32 Å². The van der Waals surface area contributed by atoms with Gasteiger partial charge in [-0.25, -0.2) is 4.39 Å². The molecule has 1 N–H and O–H groups in total. The SMILES string of the molecule is O=C(Nc1ccc(F)c(Cl)c1)[C@H](Sc1ccccc1)c1ccccc1. The third-order valence-corrected chi connectivity index (χ3v) is 5.08. The average Bonchev–Trinajstić information content (AvgIpc) is 2.64. The molecular weight excluding hydrogens is 357 g/mol. The molecule has 3 aromatic rings. The van der Waals surface area contributed by atoms with Gasteiger partial charge in [-0.15, -0.1) is 11.8 Å². The van der Waals surface area contributed by atoms with Crippen LogP contribution in [-0.2, 0) is 4.79 Å². The van der Waals surface area contributed by atoms with Crippen LogP contribution in [0.5, 0.6) is 0 Å². The van der Waals surface area contributed by atoms with E-state index in [0.717, 1.165) is 10.5 Å². The van der Waals surface area contributed by atoms with E-state index in [0.29, 0.717) is 5.69 Å². The molecule has 3 rings (SSSR count). The first-order chi connectivity index (χ1) is 12.1. The van der Waals surface area contributed by atoms with Gasteiger partial charge in [0.25, 0.3) is 0 Å². The van der Waals surface area contributed by atoms with Crippen LogP contribution in [0.2, 0.25) is 5.02 Å². The van der Waals surface area contributed by atoms with Gasteiger partial charge in [0.1, 0.15) is 11.1 Å². The minimum absolute atomic E-state index is 0.0234. The Balaban J connectivity index is 1.85. The maximum atomic E-state index is 13.3. The van der Waals surface area contributed by atoms with Crippen LogP contribution < -0.4 is 5.32 Å². The van der Waals surface area contributed by atoms with Gasteiger partial charge in [-0.1, -0.05) is 60.1 Å². The fourth-order valence-corrected chi connectivity index (χ4v) is 3.54. The predicted octanol–water partition coefficient (Wildman–Crippen LogP) is 5.95. The van der Waals surface area contributed by atoms with Crippen molar-refractivity contribution >= 4 is 35.0 Å². The molecule has 0 radical (unpaired) electrons. The second-order valence-electron chi connectivity index (χ2n) is 5.34. The Morgan fingerprint density at radius 1 is 0.960 bits per heavy atom. The van der Waals surface area contributed by atoms with Crippen molar-refractivity contribution in [2.75, 3.05) is 5.32 Å². The summed E-state index contributed by atoms with van der Waals surface area (Å²) in [6.07, 6.45) is 0. The third-order valence-electron chi connectivity index (χ3n) is 3.52. The van der Waals surface area contributed by atoms with Gasteiger partial charge >= 0.3 is 0 Å². The van der Waals surface area contributed by atoms with Crippen molar-refractivity contribution in [2.45, 2.75) is 10.1 Å². The van der Waals surface area contributed by atoms with E-state index in [2.05, 4.69) is 5.32 Å². The highest BCUT2D eigenvalue weighted by Gasteiger charge is 2.22. The summed E-state index contributed by atoms with van der Waals surface area (Å²) in [5, 5.41) is 2.36. The van der Waals surface area contributed by atoms with Gasteiger partial charge in [0, 0.05) is 10.6 Å². The lowest BCUT2D eigenvalue weighted by atomic mass is 10.1. The summed E-state index contributed by atoms with van der Waals surface area (Å²) in [5.74, 6) is -0.708. The van der Waals surface area contributed by atoms with E-state index in [4.69, 9.17) is 11.6 Å². The minimum Gasteiger partial charge on any atom is -0.325 e. The maximum absolute atomic E-state index is 13.3. The van der Waals surface area contributed by atoms with Crippen LogP contribution >= 0.6 is 23.4 Å². The summed E-state index contributed by atoms with van der Waals surface area (Å²) in [6, 6.07) is 23.4. The lowest BCUT2D eigenvalue weighted by Gasteiger charge is -2.17. The molecule has 25 heavy (non-hydrogen) atoms. The van der Waals surface area contributed by atoms with E-state index in [-0.39, 0.29) is 10.9 Å². The Labute approximate surface area is 155 Å². The van der Waals surface area contributed by atoms with Crippen LogP contribution in [0, 0.1) is 5.82 Å². The normalized spacial score (nSPS) is 11.8. The number of hydrogen-bond donors (Lipinski definition) is 1. The first-order valence-electron chi connectivity index (χ1n) is 7.66. The first kappa shape index (κ1) is 17.5. The van der Waals surface area contributed by atoms with Crippen molar-refractivity contribution in [3.8, 4) is 0 Å². The smallest absolute Gasteiger partial charge is 0.242 e. The van der Waals surface area contributed by atoms with Crippen LogP contribution in [0.3, 0.4) is 0 Å². The molecule has 0 aliphatic carbocycles. The molecule has 126 valence electrons. The maximum Gasteiger partial charge on any atom is 0.242 e. The predicted molar refractivity (Wildman–Crippen MR) is 102 cm³/mol. The summed E-state index contributed by atoms with van der Waals surface area (Å²) in [6.45, 7) is 0. The topological polar surface area (TPSA) is 29.1 Å².